The first-order valence-corrected chi connectivity index (χ1v) is 22.9. The number of carbonyl (C=O) groups is 6. The van der Waals surface area contributed by atoms with Gasteiger partial charge >= 0.3 is 12.2 Å². The molecule has 2 aromatic carbocycles. The van der Waals surface area contributed by atoms with E-state index in [1.165, 1.54) is 12.8 Å². The van der Waals surface area contributed by atoms with E-state index in [1.807, 2.05) is 27.8 Å². The number of nitrogens with one attached hydrogen (secondary N) is 5. The Bertz CT molecular complexity index is 1690. The fourth-order valence-corrected chi connectivity index (χ4v) is 5.08. The summed E-state index contributed by atoms with van der Waals surface area (Å²) in [4.78, 5) is 65.4. The molecule has 1 aliphatic rings. The van der Waals surface area contributed by atoms with Gasteiger partial charge in [0.2, 0.25) is 11.8 Å². The first kappa shape index (κ1) is 62.3. The van der Waals surface area contributed by atoms with Crippen molar-refractivity contribution in [2.24, 2.45) is 11.7 Å². The standard InChI is InChI=1S/C17H19N3O4.C17H34N2O6.C10H14O2.C4H10N2O/c1-19-10-16(21)20-14-6-2-12(3-7-14)11-23-17(22)24-15-8-4-13(18)5-9-15;1-15(2)16(14-20)19-17(21)4-6-22-8-10-24-12-13-25-11-9-23-7-5-18-3;11-8-9-12-10-6-4-2-1-3-5-7-10;1-2-3-6-4(5)7/h2-9,19H,10-11,18H2,1H3,(H,20,21);14-16,18H,4-13H2,1-3H3,(H,19,21);8,10H,1-4,6,9H2;2-3H2,1H3,(H3,5,6,7). The molecular formula is C48H77N7O13. The van der Waals surface area contributed by atoms with Gasteiger partial charge in [-0.15, -0.1) is 5.92 Å². The Morgan fingerprint density at radius 1 is 0.794 bits per heavy atom. The zero-order valence-electron chi connectivity index (χ0n) is 40.6. The normalized spacial score (nSPS) is 13.0. The van der Waals surface area contributed by atoms with Crippen LogP contribution in [-0.2, 0) is 54.2 Å². The topological polar surface area (TPSA) is 279 Å². The van der Waals surface area contributed by atoms with Crippen molar-refractivity contribution in [3.8, 4) is 17.6 Å². The molecule has 2 aromatic rings. The molecule has 68 heavy (non-hydrogen) atoms. The van der Waals surface area contributed by atoms with Crippen molar-refractivity contribution >= 4 is 47.9 Å². The summed E-state index contributed by atoms with van der Waals surface area (Å²) in [5.41, 5.74) is 12.3. The molecule has 2 atom stereocenters. The Balaban J connectivity index is 0.000000964. The van der Waals surface area contributed by atoms with Gasteiger partial charge in [-0.25, -0.2) is 9.59 Å². The summed E-state index contributed by atoms with van der Waals surface area (Å²) in [5.74, 6) is 6.21. The van der Waals surface area contributed by atoms with Gasteiger partial charge in [-0.3, -0.25) is 9.59 Å². The number of amides is 4. The summed E-state index contributed by atoms with van der Waals surface area (Å²) in [6.45, 7) is 11.7. The summed E-state index contributed by atoms with van der Waals surface area (Å²) < 4.78 is 36.6. The van der Waals surface area contributed by atoms with E-state index < -0.39 is 18.2 Å². The minimum Gasteiger partial charge on any atom is -0.429 e. The fourth-order valence-electron chi connectivity index (χ4n) is 5.08. The molecule has 3 rings (SSSR count). The van der Waals surface area contributed by atoms with E-state index in [0.717, 1.165) is 50.4 Å². The van der Waals surface area contributed by atoms with Gasteiger partial charge in [-0.1, -0.05) is 45.2 Å². The van der Waals surface area contributed by atoms with E-state index in [9.17, 15) is 28.8 Å². The van der Waals surface area contributed by atoms with Crippen LogP contribution >= 0.6 is 0 Å². The highest BCUT2D eigenvalue weighted by Gasteiger charge is 2.14. The van der Waals surface area contributed by atoms with Crippen LogP contribution in [0.15, 0.2) is 48.5 Å². The molecule has 0 saturated carbocycles. The molecule has 0 aliphatic heterocycles. The molecule has 20 nitrogen and oxygen atoms in total. The van der Waals surface area contributed by atoms with Crippen LogP contribution in [0.3, 0.4) is 0 Å². The van der Waals surface area contributed by atoms with Crippen LogP contribution in [0, 0.1) is 17.8 Å². The number of anilines is 2. The third kappa shape index (κ3) is 38.4. The maximum Gasteiger partial charge on any atom is 0.514 e. The van der Waals surface area contributed by atoms with Gasteiger partial charge in [0.15, 0.2) is 0 Å². The number of hydrogen-bond donors (Lipinski definition) is 7. The molecule has 20 heteroatoms. The van der Waals surface area contributed by atoms with Crippen LogP contribution < -0.4 is 42.8 Å². The van der Waals surface area contributed by atoms with Crippen LogP contribution in [0.2, 0.25) is 0 Å². The van der Waals surface area contributed by atoms with E-state index >= 15 is 0 Å². The first-order chi connectivity index (χ1) is 32.9. The molecule has 0 heterocycles. The Kier molecular flexibility index (Phi) is 40.2. The number of urea groups is 1. The number of ether oxygens (including phenoxy) is 7. The molecule has 0 saturated heterocycles. The Morgan fingerprint density at radius 3 is 1.97 bits per heavy atom. The summed E-state index contributed by atoms with van der Waals surface area (Å²) in [5, 5.41) is 13.6. The maximum atomic E-state index is 11.6. The lowest BCUT2D eigenvalue weighted by atomic mass is 10.1. The number of likely N-dealkylation sites (N-methyl/N-ethyl adjacent to an activating group) is 2. The number of benzene rings is 2. The number of carbonyl (C=O) groups excluding carboxylic acids is 6. The monoisotopic (exact) mass is 960 g/mol. The van der Waals surface area contributed by atoms with Crippen LogP contribution in [0.5, 0.6) is 5.75 Å². The lowest BCUT2D eigenvalue weighted by molar-refractivity contribution is -0.125. The second-order valence-corrected chi connectivity index (χ2v) is 15.0. The van der Waals surface area contributed by atoms with E-state index in [1.54, 1.807) is 55.6 Å². The van der Waals surface area contributed by atoms with Gasteiger partial charge in [0.1, 0.15) is 37.6 Å². The first-order valence-electron chi connectivity index (χ1n) is 22.9. The van der Waals surface area contributed by atoms with E-state index in [2.05, 4.69) is 38.4 Å². The van der Waals surface area contributed by atoms with Crippen molar-refractivity contribution < 1.29 is 61.9 Å². The maximum absolute atomic E-state index is 11.6. The lowest BCUT2D eigenvalue weighted by Crippen LogP contribution is -2.40. The summed E-state index contributed by atoms with van der Waals surface area (Å²) in [6.07, 6.45) is 7.44. The molecular weight excluding hydrogens is 883 g/mol. The highest BCUT2D eigenvalue weighted by Crippen LogP contribution is 2.15. The minimum atomic E-state index is -0.800. The molecule has 1 aliphatic carbocycles. The smallest absolute Gasteiger partial charge is 0.429 e. The number of nitrogen functional groups attached to an aromatic ring is 1. The predicted molar refractivity (Wildman–Crippen MR) is 260 cm³/mol. The summed E-state index contributed by atoms with van der Waals surface area (Å²) in [6, 6.07) is 12.5. The van der Waals surface area contributed by atoms with Crippen molar-refractivity contribution in [3.05, 3.63) is 54.1 Å². The summed E-state index contributed by atoms with van der Waals surface area (Å²) in [7, 11) is 3.58. The number of aldehydes is 2. The second kappa shape index (κ2) is 43.9. The SMILES string of the molecule is CCCNC(N)=O.CNCC(=O)Nc1ccc(COC(=O)Oc2ccc(N)cc2)cc1.CNCCOCCOCCOCCOCCC(=O)NC(C=O)C(C)C.O=CCOC1C#CCCCCC1. The highest BCUT2D eigenvalue weighted by molar-refractivity contribution is 5.92. The average molecular weight is 960 g/mol. The molecule has 4 amide bonds. The van der Waals surface area contributed by atoms with E-state index in [0.29, 0.717) is 76.5 Å². The van der Waals surface area contributed by atoms with Crippen LogP contribution in [0.1, 0.15) is 71.3 Å². The van der Waals surface area contributed by atoms with Crippen molar-refractivity contribution in [2.75, 3.05) is 104 Å². The van der Waals surface area contributed by atoms with E-state index in [4.69, 9.17) is 44.6 Å². The number of hydrogen-bond acceptors (Lipinski definition) is 16. The molecule has 0 fully saturated rings. The molecule has 0 bridgehead atoms. The van der Waals surface area contributed by atoms with Crippen LogP contribution in [-0.4, -0.2) is 142 Å². The number of primary amides is 1. The summed E-state index contributed by atoms with van der Waals surface area (Å²) >= 11 is 0. The average Bonchev–Trinajstić information content (AvgIpc) is 3.31. The van der Waals surface area contributed by atoms with E-state index in [-0.39, 0.29) is 50.0 Å². The molecule has 0 spiro atoms. The van der Waals surface area contributed by atoms with Crippen LogP contribution in [0.4, 0.5) is 21.0 Å². The van der Waals surface area contributed by atoms with Gasteiger partial charge < -0.3 is 80.8 Å². The molecule has 0 radical (unpaired) electrons. The lowest BCUT2D eigenvalue weighted by Gasteiger charge is -2.16. The van der Waals surface area contributed by atoms with Crippen LogP contribution in [0.25, 0.3) is 0 Å². The highest BCUT2D eigenvalue weighted by atomic mass is 16.7. The zero-order chi connectivity index (χ0) is 50.5. The molecule has 9 N–H and O–H groups in total. The second-order valence-electron chi connectivity index (χ2n) is 15.0. The minimum absolute atomic E-state index is 0.00417. The van der Waals surface area contributed by atoms with Gasteiger partial charge in [-0.05, 0) is 87.7 Å². The van der Waals surface area contributed by atoms with Gasteiger partial charge in [0.25, 0.3) is 0 Å². The van der Waals surface area contributed by atoms with Gasteiger partial charge in [0, 0.05) is 37.3 Å². The molecule has 2 unspecified atom stereocenters. The van der Waals surface area contributed by atoms with Gasteiger partial charge in [-0.2, -0.15) is 0 Å². The fraction of sp³-hybridized carbons (Fsp3) is 0.583. The predicted octanol–water partition coefficient (Wildman–Crippen LogP) is 3.75. The third-order valence-corrected chi connectivity index (χ3v) is 8.74. The van der Waals surface area contributed by atoms with Gasteiger partial charge in [0.05, 0.1) is 65.4 Å². The number of nitrogens with two attached hydrogens (primary N) is 2. The third-order valence-electron chi connectivity index (χ3n) is 8.74. The molecule has 0 aromatic heterocycles. The van der Waals surface area contributed by atoms with Crippen molar-refractivity contribution in [1.82, 2.24) is 21.3 Å². The van der Waals surface area contributed by atoms with Crippen molar-refractivity contribution in [2.45, 2.75) is 84.5 Å². The molecule has 382 valence electrons. The zero-order valence-corrected chi connectivity index (χ0v) is 40.6. The quantitative estimate of drug-likeness (QED) is 0.0153. The van der Waals surface area contributed by atoms with Crippen molar-refractivity contribution in [3.63, 3.8) is 0 Å². The number of rotatable bonds is 29. The Labute approximate surface area is 402 Å². The van der Waals surface area contributed by atoms with Crippen molar-refractivity contribution in [1.29, 1.82) is 0 Å². The largest absolute Gasteiger partial charge is 0.514 e. The Hall–Kier alpha value is -5.66. The Morgan fingerprint density at radius 2 is 1.43 bits per heavy atom.